The first-order valence-corrected chi connectivity index (χ1v) is 10.9. The summed E-state index contributed by atoms with van der Waals surface area (Å²) in [5.74, 6) is 0.511. The summed E-state index contributed by atoms with van der Waals surface area (Å²) in [5, 5.41) is 17.9. The van der Waals surface area contributed by atoms with Crippen LogP contribution in [-0.4, -0.2) is 45.4 Å². The highest BCUT2D eigenvalue weighted by molar-refractivity contribution is 6.00. The Morgan fingerprint density at radius 3 is 2.59 bits per heavy atom. The van der Waals surface area contributed by atoms with E-state index in [9.17, 15) is 9.90 Å². The third-order valence-corrected chi connectivity index (χ3v) is 6.37. The molecule has 0 bridgehead atoms. The molecule has 0 spiro atoms. The number of aromatic amines is 1. The van der Waals surface area contributed by atoms with Crippen molar-refractivity contribution in [1.29, 1.82) is 0 Å². The highest BCUT2D eigenvalue weighted by atomic mass is 35.5. The molecule has 0 radical (unpaired) electrons. The molecule has 1 saturated heterocycles. The Balaban J connectivity index is 0.00000245. The average Bonchev–Trinajstić information content (AvgIpc) is 3.49. The maximum Gasteiger partial charge on any atom is 0.273 e. The molecule has 5 rings (SSSR count). The minimum absolute atomic E-state index is 0. The molecule has 2 atom stereocenters. The summed E-state index contributed by atoms with van der Waals surface area (Å²) < 4.78 is 5.85. The van der Waals surface area contributed by atoms with Crippen molar-refractivity contribution in [3.63, 3.8) is 0 Å². The highest BCUT2D eigenvalue weighted by Gasteiger charge is 2.43. The molecule has 6 nitrogen and oxygen atoms in total. The van der Waals surface area contributed by atoms with E-state index in [2.05, 4.69) is 48.3 Å². The number of hydrogen-bond donors (Lipinski definition) is 2. The third kappa shape index (κ3) is 3.78. The molecule has 0 saturated carbocycles. The van der Waals surface area contributed by atoms with Crippen LogP contribution in [0.4, 0.5) is 0 Å². The number of rotatable bonds is 5. The smallest absolute Gasteiger partial charge is 0.273 e. The zero-order valence-electron chi connectivity index (χ0n) is 18.2. The molecule has 7 heteroatoms. The lowest BCUT2D eigenvalue weighted by molar-refractivity contribution is 0.0495. The summed E-state index contributed by atoms with van der Waals surface area (Å²) in [5.41, 5.74) is 4.85. The number of aromatic nitrogens is 2. The largest absolute Gasteiger partial charge is 0.507 e. The second-order valence-electron chi connectivity index (χ2n) is 8.69. The normalized spacial score (nSPS) is 20.0. The molecule has 2 aliphatic rings. The van der Waals surface area contributed by atoms with Crippen LogP contribution in [0.5, 0.6) is 5.75 Å². The Morgan fingerprint density at radius 2 is 1.94 bits per heavy atom. The van der Waals surface area contributed by atoms with Crippen LogP contribution < -0.4 is 0 Å². The molecule has 2 aromatic carbocycles. The van der Waals surface area contributed by atoms with E-state index in [4.69, 9.17) is 4.74 Å². The van der Waals surface area contributed by atoms with Crippen molar-refractivity contribution in [2.45, 2.75) is 44.8 Å². The standard InChI is InChI=1S/C25H27N3O3.ClH/c1-15(2)16-9-11-17(12-10-16)24-21-22(19-7-3-4-8-20(19)29)26-27-23(21)25(30)28(24)14-18-6-5-13-31-18;/h3-4,7-12,15,18,24,29H,5-6,13-14H2,1-2H3,(H,26,27);1H. The van der Waals surface area contributed by atoms with Crippen molar-refractivity contribution in [3.05, 3.63) is 70.9 Å². The van der Waals surface area contributed by atoms with Crippen LogP contribution in [-0.2, 0) is 4.74 Å². The van der Waals surface area contributed by atoms with E-state index in [0.29, 0.717) is 29.4 Å². The van der Waals surface area contributed by atoms with Crippen LogP contribution in [0.2, 0.25) is 0 Å². The van der Waals surface area contributed by atoms with E-state index >= 15 is 0 Å². The molecular weight excluding hydrogens is 426 g/mol. The van der Waals surface area contributed by atoms with Gasteiger partial charge in [0.2, 0.25) is 0 Å². The van der Waals surface area contributed by atoms with Gasteiger partial charge < -0.3 is 14.7 Å². The SMILES string of the molecule is CC(C)c1ccc(C2c3c(-c4ccccc4O)n[nH]c3C(=O)N2CC2CCCO2)cc1.Cl. The zero-order chi connectivity index (χ0) is 21.5. The maximum absolute atomic E-state index is 13.4. The summed E-state index contributed by atoms with van der Waals surface area (Å²) in [7, 11) is 0. The van der Waals surface area contributed by atoms with Crippen LogP contribution in [0.1, 0.15) is 65.8 Å². The number of para-hydroxylation sites is 1. The van der Waals surface area contributed by atoms with E-state index in [1.54, 1.807) is 12.1 Å². The van der Waals surface area contributed by atoms with Gasteiger partial charge >= 0.3 is 0 Å². The van der Waals surface area contributed by atoms with Gasteiger partial charge in [-0.2, -0.15) is 5.10 Å². The number of halogens is 1. The molecule has 2 unspecified atom stereocenters. The number of H-pyrrole nitrogens is 1. The van der Waals surface area contributed by atoms with Crippen molar-refractivity contribution in [2.24, 2.45) is 0 Å². The van der Waals surface area contributed by atoms with Crippen LogP contribution in [0, 0.1) is 0 Å². The van der Waals surface area contributed by atoms with Crippen LogP contribution >= 0.6 is 12.4 Å². The van der Waals surface area contributed by atoms with Gasteiger partial charge in [0, 0.05) is 24.3 Å². The number of benzene rings is 2. The molecule has 3 aromatic rings. The summed E-state index contributed by atoms with van der Waals surface area (Å²) >= 11 is 0. The molecule has 2 N–H and O–H groups in total. The highest BCUT2D eigenvalue weighted by Crippen LogP contribution is 2.44. The fourth-order valence-electron chi connectivity index (χ4n) is 4.68. The lowest BCUT2D eigenvalue weighted by Crippen LogP contribution is -2.36. The van der Waals surface area contributed by atoms with Crippen LogP contribution in [0.15, 0.2) is 48.5 Å². The molecule has 3 heterocycles. The summed E-state index contributed by atoms with van der Waals surface area (Å²) in [4.78, 5) is 15.3. The van der Waals surface area contributed by atoms with Crippen LogP contribution in [0.3, 0.4) is 0 Å². The second-order valence-corrected chi connectivity index (χ2v) is 8.69. The predicted octanol–water partition coefficient (Wildman–Crippen LogP) is 5.05. The van der Waals surface area contributed by atoms with Crippen LogP contribution in [0.25, 0.3) is 11.3 Å². The number of nitrogens with zero attached hydrogens (tertiary/aromatic N) is 2. The number of phenols is 1. The molecule has 1 amide bonds. The average molecular weight is 454 g/mol. The molecule has 1 fully saturated rings. The fourth-order valence-corrected chi connectivity index (χ4v) is 4.68. The van der Waals surface area contributed by atoms with Crippen molar-refractivity contribution >= 4 is 18.3 Å². The number of carbonyl (C=O) groups is 1. The van der Waals surface area contributed by atoms with E-state index < -0.39 is 0 Å². The Labute approximate surface area is 194 Å². The minimum atomic E-state index is -0.277. The number of ether oxygens (including phenoxy) is 1. The number of amides is 1. The lowest BCUT2D eigenvalue weighted by Gasteiger charge is -2.28. The van der Waals surface area contributed by atoms with Gasteiger partial charge in [-0.25, -0.2) is 0 Å². The van der Waals surface area contributed by atoms with Gasteiger partial charge in [0.15, 0.2) is 0 Å². The van der Waals surface area contributed by atoms with Crippen molar-refractivity contribution in [3.8, 4) is 17.0 Å². The predicted molar refractivity (Wildman–Crippen MR) is 125 cm³/mol. The third-order valence-electron chi connectivity index (χ3n) is 6.37. The van der Waals surface area contributed by atoms with Gasteiger partial charge in [0.05, 0.1) is 12.1 Å². The number of fused-ring (bicyclic) bond motifs is 1. The molecule has 1 aromatic heterocycles. The Bertz CT molecular complexity index is 1100. The summed E-state index contributed by atoms with van der Waals surface area (Å²) in [6.45, 7) is 5.62. The summed E-state index contributed by atoms with van der Waals surface area (Å²) in [6, 6.07) is 15.3. The Kier molecular flexibility index (Phi) is 6.26. The Morgan fingerprint density at radius 1 is 1.19 bits per heavy atom. The van der Waals surface area contributed by atoms with E-state index in [1.807, 2.05) is 17.0 Å². The molecule has 0 aliphatic carbocycles. The van der Waals surface area contributed by atoms with Gasteiger partial charge in [0.1, 0.15) is 17.1 Å². The number of hydrogen-bond acceptors (Lipinski definition) is 4. The number of nitrogens with one attached hydrogen (secondary N) is 1. The van der Waals surface area contributed by atoms with Gasteiger partial charge in [-0.3, -0.25) is 9.89 Å². The number of carbonyl (C=O) groups excluding carboxylic acids is 1. The van der Waals surface area contributed by atoms with E-state index in [0.717, 1.165) is 30.6 Å². The first kappa shape index (κ1) is 22.4. The molecule has 32 heavy (non-hydrogen) atoms. The number of phenolic OH excluding ortho intramolecular Hbond substituents is 1. The number of aromatic hydroxyl groups is 1. The fraction of sp³-hybridized carbons (Fsp3) is 0.360. The zero-order valence-corrected chi connectivity index (χ0v) is 19.1. The molecule has 168 valence electrons. The first-order valence-electron chi connectivity index (χ1n) is 10.9. The first-order chi connectivity index (χ1) is 15.0. The lowest BCUT2D eigenvalue weighted by atomic mass is 9.93. The topological polar surface area (TPSA) is 78.5 Å². The van der Waals surface area contributed by atoms with Gasteiger partial charge in [0.25, 0.3) is 5.91 Å². The van der Waals surface area contributed by atoms with Gasteiger partial charge in [-0.1, -0.05) is 50.2 Å². The van der Waals surface area contributed by atoms with E-state index in [1.165, 1.54) is 5.56 Å². The second kappa shape index (κ2) is 8.96. The maximum atomic E-state index is 13.4. The van der Waals surface area contributed by atoms with E-state index in [-0.39, 0.29) is 36.2 Å². The van der Waals surface area contributed by atoms with Gasteiger partial charge in [-0.15, -0.1) is 12.4 Å². The van der Waals surface area contributed by atoms with Crippen molar-refractivity contribution in [2.75, 3.05) is 13.2 Å². The molecule has 2 aliphatic heterocycles. The van der Waals surface area contributed by atoms with Crippen molar-refractivity contribution < 1.29 is 14.6 Å². The quantitative estimate of drug-likeness (QED) is 0.566. The molecular formula is C25H28ClN3O3. The monoisotopic (exact) mass is 453 g/mol. The van der Waals surface area contributed by atoms with Gasteiger partial charge in [-0.05, 0) is 42.0 Å². The Hall–Kier alpha value is -2.83. The summed E-state index contributed by atoms with van der Waals surface area (Å²) in [6.07, 6.45) is 2.03. The minimum Gasteiger partial charge on any atom is -0.507 e. The van der Waals surface area contributed by atoms with Crippen molar-refractivity contribution in [1.82, 2.24) is 15.1 Å².